The van der Waals surface area contributed by atoms with Crippen LogP contribution in [-0.2, 0) is 6.61 Å². The molecule has 0 N–H and O–H groups in total. The van der Waals surface area contributed by atoms with Gasteiger partial charge in [-0.05, 0) is 31.5 Å². The molecule has 1 aromatic carbocycles. The fourth-order valence-corrected chi connectivity index (χ4v) is 3.10. The quantitative estimate of drug-likeness (QED) is 0.573. The molecule has 6 nitrogen and oxygen atoms in total. The van der Waals surface area contributed by atoms with E-state index in [2.05, 4.69) is 15.3 Å². The van der Waals surface area contributed by atoms with Gasteiger partial charge in [-0.1, -0.05) is 29.5 Å². The van der Waals surface area contributed by atoms with Gasteiger partial charge in [-0.2, -0.15) is 9.61 Å². The molecule has 4 rings (SSSR count). The highest BCUT2D eigenvalue weighted by atomic mass is 32.1. The number of aromatic nitrogens is 4. The van der Waals surface area contributed by atoms with Crippen LogP contribution < -0.4 is 4.74 Å². The molecule has 0 aliphatic rings. The van der Waals surface area contributed by atoms with E-state index < -0.39 is 0 Å². The first-order valence-electron chi connectivity index (χ1n) is 7.16. The second kappa shape index (κ2) is 5.51. The molecular formula is C16H14N4O2S. The normalized spacial score (nSPS) is 11.2. The van der Waals surface area contributed by atoms with Crippen LogP contribution in [0.3, 0.4) is 0 Å². The van der Waals surface area contributed by atoms with Gasteiger partial charge in [-0.15, -0.1) is 10.2 Å². The van der Waals surface area contributed by atoms with Gasteiger partial charge in [0.15, 0.2) is 10.8 Å². The molecule has 0 atom stereocenters. The van der Waals surface area contributed by atoms with E-state index in [4.69, 9.17) is 9.15 Å². The Kier molecular flexibility index (Phi) is 3.34. The fraction of sp³-hybridized carbons (Fsp3) is 0.188. The van der Waals surface area contributed by atoms with E-state index >= 15 is 0 Å². The van der Waals surface area contributed by atoms with Crippen molar-refractivity contribution in [3.8, 4) is 17.1 Å². The minimum absolute atomic E-state index is 0.405. The third-order valence-electron chi connectivity index (χ3n) is 3.58. The van der Waals surface area contributed by atoms with Gasteiger partial charge in [0, 0.05) is 0 Å². The minimum Gasteiger partial charge on any atom is -0.486 e. The summed E-state index contributed by atoms with van der Waals surface area (Å²) in [5.41, 5.74) is 2.00. The monoisotopic (exact) mass is 326 g/mol. The molecule has 7 heteroatoms. The summed E-state index contributed by atoms with van der Waals surface area (Å²) in [5.74, 6) is 2.35. The molecule has 23 heavy (non-hydrogen) atoms. The lowest BCUT2D eigenvalue weighted by atomic mass is 10.2. The molecule has 0 unspecified atom stereocenters. The highest BCUT2D eigenvalue weighted by Crippen LogP contribution is 2.26. The molecule has 0 aliphatic carbocycles. The van der Waals surface area contributed by atoms with Crippen molar-refractivity contribution in [1.82, 2.24) is 19.8 Å². The Morgan fingerprint density at radius 3 is 2.83 bits per heavy atom. The van der Waals surface area contributed by atoms with Crippen molar-refractivity contribution < 1.29 is 9.15 Å². The number of fused-ring (bicyclic) bond motifs is 1. The van der Waals surface area contributed by atoms with Crippen LogP contribution in [-0.4, -0.2) is 19.8 Å². The topological polar surface area (TPSA) is 65.5 Å². The van der Waals surface area contributed by atoms with Crippen molar-refractivity contribution in [2.75, 3.05) is 0 Å². The summed E-state index contributed by atoms with van der Waals surface area (Å²) in [6.45, 7) is 4.32. The average molecular weight is 326 g/mol. The molecular weight excluding hydrogens is 312 g/mol. The van der Waals surface area contributed by atoms with Crippen LogP contribution in [0.4, 0.5) is 0 Å². The Morgan fingerprint density at radius 2 is 2.04 bits per heavy atom. The zero-order chi connectivity index (χ0) is 15.8. The summed E-state index contributed by atoms with van der Waals surface area (Å²) in [4.78, 5) is 0.740. The molecule has 0 saturated heterocycles. The van der Waals surface area contributed by atoms with Gasteiger partial charge in [0.05, 0.1) is 11.8 Å². The highest BCUT2D eigenvalue weighted by molar-refractivity contribution is 7.16. The number of hydrogen-bond donors (Lipinski definition) is 0. The van der Waals surface area contributed by atoms with Crippen LogP contribution in [0.5, 0.6) is 5.75 Å². The Balaban J connectivity index is 1.62. The van der Waals surface area contributed by atoms with Crippen LogP contribution in [0.15, 0.2) is 41.0 Å². The summed E-state index contributed by atoms with van der Waals surface area (Å²) in [6, 6.07) is 9.80. The molecule has 0 radical (unpaired) electrons. The molecule has 0 bridgehead atoms. The first-order valence-corrected chi connectivity index (χ1v) is 7.98. The zero-order valence-corrected chi connectivity index (χ0v) is 13.5. The molecule has 116 valence electrons. The Bertz CT molecular complexity index is 969. The number of para-hydroxylation sites is 1. The number of aryl methyl sites for hydroxylation is 2. The third-order valence-corrected chi connectivity index (χ3v) is 4.45. The molecule has 3 aromatic heterocycles. The van der Waals surface area contributed by atoms with Gasteiger partial charge in [-0.3, -0.25) is 0 Å². The first kappa shape index (κ1) is 14.0. The van der Waals surface area contributed by atoms with Gasteiger partial charge in [-0.25, -0.2) is 0 Å². The number of benzene rings is 1. The van der Waals surface area contributed by atoms with Gasteiger partial charge >= 0.3 is 0 Å². The van der Waals surface area contributed by atoms with E-state index in [-0.39, 0.29) is 0 Å². The van der Waals surface area contributed by atoms with Crippen molar-refractivity contribution in [2.24, 2.45) is 0 Å². The molecule has 0 fully saturated rings. The second-order valence-corrected chi connectivity index (χ2v) is 6.20. The Morgan fingerprint density at radius 1 is 1.17 bits per heavy atom. The number of ether oxygens (including phenoxy) is 1. The largest absolute Gasteiger partial charge is 0.486 e. The summed E-state index contributed by atoms with van der Waals surface area (Å²) >= 11 is 1.47. The predicted octanol–water partition coefficient (Wildman–Crippen LogP) is 3.64. The summed E-state index contributed by atoms with van der Waals surface area (Å²) < 4.78 is 12.9. The molecule has 3 heterocycles. The van der Waals surface area contributed by atoms with Gasteiger partial charge < -0.3 is 9.15 Å². The Labute approximate surface area is 136 Å². The lowest BCUT2D eigenvalue weighted by Gasteiger charge is -2.06. The molecule has 0 spiro atoms. The number of rotatable bonds is 4. The number of furan rings is 1. The van der Waals surface area contributed by atoms with Crippen molar-refractivity contribution in [2.45, 2.75) is 20.5 Å². The minimum atomic E-state index is 0.405. The van der Waals surface area contributed by atoms with Crippen molar-refractivity contribution in [3.63, 3.8) is 0 Å². The van der Waals surface area contributed by atoms with Crippen LogP contribution >= 0.6 is 11.3 Å². The van der Waals surface area contributed by atoms with Crippen molar-refractivity contribution >= 4 is 16.3 Å². The lowest BCUT2D eigenvalue weighted by molar-refractivity contribution is 0.302. The van der Waals surface area contributed by atoms with Crippen LogP contribution in [0.1, 0.15) is 16.3 Å². The van der Waals surface area contributed by atoms with E-state index in [0.29, 0.717) is 12.4 Å². The van der Waals surface area contributed by atoms with Crippen molar-refractivity contribution in [3.05, 3.63) is 52.9 Å². The third kappa shape index (κ3) is 2.49. The van der Waals surface area contributed by atoms with Crippen LogP contribution in [0, 0.1) is 13.8 Å². The van der Waals surface area contributed by atoms with Crippen molar-refractivity contribution in [1.29, 1.82) is 0 Å². The van der Waals surface area contributed by atoms with Crippen LogP contribution in [0.25, 0.3) is 16.3 Å². The second-order valence-electron chi connectivity index (χ2n) is 5.16. The summed E-state index contributed by atoms with van der Waals surface area (Å²) in [7, 11) is 0. The summed E-state index contributed by atoms with van der Waals surface area (Å²) in [6.07, 6.45) is 1.64. The van der Waals surface area contributed by atoms with E-state index in [1.165, 1.54) is 11.3 Å². The van der Waals surface area contributed by atoms with Gasteiger partial charge in [0.2, 0.25) is 4.96 Å². The smallest absolute Gasteiger partial charge is 0.235 e. The maximum Gasteiger partial charge on any atom is 0.235 e. The molecule has 0 amide bonds. The maximum atomic E-state index is 5.84. The zero-order valence-electron chi connectivity index (χ0n) is 12.7. The van der Waals surface area contributed by atoms with E-state index in [0.717, 1.165) is 32.6 Å². The first-order chi connectivity index (χ1) is 11.2. The Hall–Kier alpha value is -2.67. The molecule has 0 saturated carbocycles. The lowest BCUT2D eigenvalue weighted by Crippen LogP contribution is -1.98. The maximum absolute atomic E-state index is 5.84. The van der Waals surface area contributed by atoms with Gasteiger partial charge in [0.25, 0.3) is 0 Å². The number of nitrogens with zero attached hydrogens (tertiary/aromatic N) is 4. The van der Waals surface area contributed by atoms with Gasteiger partial charge in [0.1, 0.15) is 18.1 Å². The predicted molar refractivity (Wildman–Crippen MR) is 86.6 cm³/mol. The van der Waals surface area contributed by atoms with E-state index in [9.17, 15) is 0 Å². The molecule has 4 aromatic rings. The average Bonchev–Trinajstić information content (AvgIpc) is 3.22. The number of hydrogen-bond acceptors (Lipinski definition) is 6. The van der Waals surface area contributed by atoms with E-state index in [1.807, 2.05) is 44.2 Å². The molecule has 0 aliphatic heterocycles. The SMILES string of the molecule is Cc1ccccc1OCc1nn2c(-c3ccoc3C)nnc2s1. The van der Waals surface area contributed by atoms with Crippen LogP contribution in [0.2, 0.25) is 0 Å². The fourth-order valence-electron chi connectivity index (χ4n) is 2.36. The van der Waals surface area contributed by atoms with E-state index in [1.54, 1.807) is 10.8 Å². The highest BCUT2D eigenvalue weighted by Gasteiger charge is 2.16. The standard InChI is InChI=1S/C16H14N4O2S/c1-10-5-3-4-6-13(10)22-9-14-19-20-15(17-18-16(20)23-14)12-7-8-21-11(12)2/h3-8H,9H2,1-2H3. The summed E-state index contributed by atoms with van der Waals surface area (Å²) in [5, 5.41) is 13.8.